The van der Waals surface area contributed by atoms with E-state index in [9.17, 15) is 14.4 Å². The van der Waals surface area contributed by atoms with Crippen LogP contribution in [-0.4, -0.2) is 33.6 Å². The van der Waals surface area contributed by atoms with Gasteiger partial charge in [0.05, 0.1) is 17.5 Å². The number of halogens is 1. The largest absolute Gasteiger partial charge is 0.492 e. The molecule has 0 aliphatic heterocycles. The molecule has 0 atom stereocenters. The van der Waals surface area contributed by atoms with E-state index < -0.39 is 11.2 Å². The van der Waals surface area contributed by atoms with Crippen LogP contribution in [-0.2, 0) is 6.54 Å². The van der Waals surface area contributed by atoms with Gasteiger partial charge in [-0.15, -0.1) is 0 Å². The summed E-state index contributed by atoms with van der Waals surface area (Å²) in [6, 6.07) is 9.11. The molecular weight excluding hydrogens is 464 g/mol. The molecule has 3 aromatic rings. The van der Waals surface area contributed by atoms with Crippen LogP contribution < -0.4 is 21.3 Å². The molecule has 1 aromatic carbocycles. The summed E-state index contributed by atoms with van der Waals surface area (Å²) in [5.41, 5.74) is 0.153. The van der Waals surface area contributed by atoms with Gasteiger partial charge in [-0.2, -0.15) is 0 Å². The molecule has 0 saturated heterocycles. The smallest absolute Gasteiger partial charge is 0.329 e. The molecule has 31 heavy (non-hydrogen) atoms. The molecule has 0 unspecified atom stereocenters. The summed E-state index contributed by atoms with van der Waals surface area (Å²) >= 11 is 3.39. The summed E-state index contributed by atoms with van der Waals surface area (Å²) in [6.07, 6.45) is 2.67. The molecule has 1 amide bonds. The number of aromatic amines is 1. The van der Waals surface area contributed by atoms with E-state index in [1.165, 1.54) is 4.57 Å². The van der Waals surface area contributed by atoms with E-state index in [0.717, 1.165) is 23.0 Å². The molecule has 0 spiro atoms. The van der Waals surface area contributed by atoms with Gasteiger partial charge in [0.2, 0.25) is 0 Å². The normalized spacial score (nSPS) is 13.4. The maximum absolute atomic E-state index is 13.0. The minimum absolute atomic E-state index is 0.142. The van der Waals surface area contributed by atoms with Gasteiger partial charge in [0.25, 0.3) is 11.5 Å². The van der Waals surface area contributed by atoms with Crippen molar-refractivity contribution < 1.29 is 9.53 Å². The molecule has 2 aromatic heterocycles. The van der Waals surface area contributed by atoms with Crippen LogP contribution in [0.15, 0.2) is 44.4 Å². The lowest BCUT2D eigenvalue weighted by Gasteiger charge is -2.13. The van der Waals surface area contributed by atoms with Gasteiger partial charge in [-0.3, -0.25) is 19.1 Å². The third-order valence-corrected chi connectivity index (χ3v) is 5.60. The van der Waals surface area contributed by atoms with E-state index in [1.54, 1.807) is 6.07 Å². The van der Waals surface area contributed by atoms with E-state index in [4.69, 9.17) is 4.74 Å². The van der Waals surface area contributed by atoms with Crippen molar-refractivity contribution >= 4 is 32.9 Å². The molecule has 0 radical (unpaired) electrons. The van der Waals surface area contributed by atoms with Gasteiger partial charge < -0.3 is 10.1 Å². The number of amides is 1. The molecule has 8 nitrogen and oxygen atoms in total. The van der Waals surface area contributed by atoms with E-state index in [-0.39, 0.29) is 41.6 Å². The topological polar surface area (TPSA) is 106 Å². The van der Waals surface area contributed by atoms with Crippen LogP contribution in [0.4, 0.5) is 0 Å². The van der Waals surface area contributed by atoms with Gasteiger partial charge in [0.15, 0.2) is 5.65 Å². The maximum Gasteiger partial charge on any atom is 0.329 e. The van der Waals surface area contributed by atoms with Gasteiger partial charge in [0.1, 0.15) is 12.4 Å². The molecule has 2 heterocycles. The molecule has 9 heteroatoms. The summed E-state index contributed by atoms with van der Waals surface area (Å²) < 4.78 is 8.00. The number of ether oxygens (including phenoxy) is 1. The van der Waals surface area contributed by atoms with E-state index >= 15 is 0 Å². The third kappa shape index (κ3) is 4.71. The fourth-order valence-corrected chi connectivity index (χ4v) is 3.86. The molecule has 2 N–H and O–H groups in total. The molecule has 1 aliphatic carbocycles. The molecule has 0 bridgehead atoms. The lowest BCUT2D eigenvalue weighted by Crippen LogP contribution is -2.34. The zero-order valence-corrected chi connectivity index (χ0v) is 18.7. The van der Waals surface area contributed by atoms with E-state index in [0.29, 0.717) is 18.7 Å². The minimum atomic E-state index is -0.599. The van der Waals surface area contributed by atoms with Crippen LogP contribution in [0.5, 0.6) is 5.75 Å². The second kappa shape index (κ2) is 9.05. The van der Waals surface area contributed by atoms with Crippen molar-refractivity contribution in [2.24, 2.45) is 0 Å². The Morgan fingerprint density at radius 2 is 2.13 bits per heavy atom. The zero-order valence-electron chi connectivity index (χ0n) is 17.1. The quantitative estimate of drug-likeness (QED) is 0.476. The number of nitrogens with zero attached hydrogens (tertiary/aromatic N) is 2. The maximum atomic E-state index is 13.0. The van der Waals surface area contributed by atoms with Gasteiger partial charge >= 0.3 is 5.69 Å². The lowest BCUT2D eigenvalue weighted by atomic mass is 10.1. The van der Waals surface area contributed by atoms with E-state index in [1.807, 2.05) is 31.2 Å². The van der Waals surface area contributed by atoms with Crippen LogP contribution in [0, 0.1) is 0 Å². The molecule has 4 rings (SSSR count). The third-order valence-electron chi connectivity index (χ3n) is 5.11. The predicted octanol–water partition coefficient (Wildman–Crippen LogP) is 2.94. The van der Waals surface area contributed by atoms with Crippen molar-refractivity contribution in [1.29, 1.82) is 0 Å². The number of pyridine rings is 1. The van der Waals surface area contributed by atoms with Crippen LogP contribution in [0.2, 0.25) is 0 Å². The highest BCUT2D eigenvalue weighted by atomic mass is 79.9. The first kappa shape index (κ1) is 21.3. The minimum Gasteiger partial charge on any atom is -0.492 e. The van der Waals surface area contributed by atoms with Crippen molar-refractivity contribution in [2.75, 3.05) is 13.2 Å². The van der Waals surface area contributed by atoms with Gasteiger partial charge in [0, 0.05) is 22.6 Å². The average Bonchev–Trinajstić information content (AvgIpc) is 3.58. The molecule has 1 aliphatic rings. The average molecular weight is 487 g/mol. The van der Waals surface area contributed by atoms with E-state index in [2.05, 4.69) is 31.2 Å². The fourth-order valence-electron chi connectivity index (χ4n) is 3.48. The number of rotatable bonds is 8. The number of benzene rings is 1. The summed E-state index contributed by atoms with van der Waals surface area (Å²) in [6.45, 7) is 2.89. The SMILES string of the molecule is CCCn1c(=O)[nH]c(=O)c2c(C(=O)NCCOc3cccc(Br)c3)cc(C3CC3)nc21. The number of fused-ring (bicyclic) bond motifs is 1. The molecule has 162 valence electrons. The number of carbonyl (C=O) groups excluding carboxylic acids is 1. The molecule has 1 saturated carbocycles. The fraction of sp³-hybridized carbons (Fsp3) is 0.364. The summed E-state index contributed by atoms with van der Waals surface area (Å²) in [5.74, 6) is 0.564. The summed E-state index contributed by atoms with van der Waals surface area (Å²) in [7, 11) is 0. The van der Waals surface area contributed by atoms with Gasteiger partial charge in [-0.1, -0.05) is 28.9 Å². The molecular formula is C22H23BrN4O4. The van der Waals surface area contributed by atoms with Crippen LogP contribution in [0.25, 0.3) is 11.0 Å². The van der Waals surface area contributed by atoms with Crippen molar-refractivity contribution in [3.05, 3.63) is 66.9 Å². The highest BCUT2D eigenvalue weighted by Crippen LogP contribution is 2.39. The van der Waals surface area contributed by atoms with Crippen LogP contribution >= 0.6 is 15.9 Å². The van der Waals surface area contributed by atoms with Crippen molar-refractivity contribution in [3.63, 3.8) is 0 Å². The number of carbonyl (C=O) groups is 1. The van der Waals surface area contributed by atoms with Crippen LogP contribution in [0.1, 0.15) is 48.2 Å². The zero-order chi connectivity index (χ0) is 22.0. The Morgan fingerprint density at radius 1 is 1.32 bits per heavy atom. The Kier molecular flexibility index (Phi) is 6.22. The first-order valence-corrected chi connectivity index (χ1v) is 11.1. The number of H-pyrrole nitrogens is 1. The summed E-state index contributed by atoms with van der Waals surface area (Å²) in [4.78, 5) is 44.9. The van der Waals surface area contributed by atoms with Crippen molar-refractivity contribution in [3.8, 4) is 5.75 Å². The van der Waals surface area contributed by atoms with Crippen LogP contribution in [0.3, 0.4) is 0 Å². The lowest BCUT2D eigenvalue weighted by molar-refractivity contribution is 0.0948. The number of hydrogen-bond acceptors (Lipinski definition) is 5. The van der Waals surface area contributed by atoms with Gasteiger partial charge in [-0.25, -0.2) is 9.78 Å². The Labute approximate surface area is 186 Å². The van der Waals surface area contributed by atoms with Crippen molar-refractivity contribution in [2.45, 2.75) is 38.6 Å². The number of hydrogen-bond donors (Lipinski definition) is 2. The first-order chi connectivity index (χ1) is 15.0. The Balaban J connectivity index is 1.61. The standard InChI is InChI=1S/C22H23BrN4O4/c1-2-9-27-19-18(21(29)26-22(27)30)16(12-17(25-19)13-6-7-13)20(28)24-8-10-31-15-5-3-4-14(23)11-15/h3-5,11-13H,2,6-10H2,1H3,(H,24,28)(H,26,29,30). The number of nitrogens with one attached hydrogen (secondary N) is 2. The Morgan fingerprint density at radius 3 is 2.84 bits per heavy atom. The highest BCUT2D eigenvalue weighted by molar-refractivity contribution is 9.10. The highest BCUT2D eigenvalue weighted by Gasteiger charge is 2.28. The number of aromatic nitrogens is 3. The predicted molar refractivity (Wildman–Crippen MR) is 121 cm³/mol. The second-order valence-corrected chi connectivity index (χ2v) is 8.46. The van der Waals surface area contributed by atoms with Crippen molar-refractivity contribution in [1.82, 2.24) is 19.9 Å². The number of aryl methyl sites for hydroxylation is 1. The molecule has 1 fully saturated rings. The van der Waals surface area contributed by atoms with Gasteiger partial charge in [-0.05, 0) is 43.5 Å². The Hall–Kier alpha value is -2.94. The summed E-state index contributed by atoms with van der Waals surface area (Å²) in [5, 5.41) is 2.95. The Bertz CT molecular complexity index is 1250. The second-order valence-electron chi connectivity index (χ2n) is 7.54. The monoisotopic (exact) mass is 486 g/mol. The first-order valence-electron chi connectivity index (χ1n) is 10.3.